The van der Waals surface area contributed by atoms with E-state index >= 15 is 0 Å². The SMILES string of the molecule is CC(=O)N(C)C(Cc1c[nH]c2ccccc12)C(=O)NC(C)(C)C(=O)OCc1ccccc1. The molecule has 1 aromatic heterocycles. The predicted molar refractivity (Wildman–Crippen MR) is 123 cm³/mol. The minimum absolute atomic E-state index is 0.116. The monoisotopic (exact) mass is 435 g/mol. The van der Waals surface area contributed by atoms with Crippen LogP contribution >= 0.6 is 0 Å². The number of para-hydroxylation sites is 1. The summed E-state index contributed by atoms with van der Waals surface area (Å²) in [4.78, 5) is 42.6. The molecule has 168 valence electrons. The first-order valence-corrected chi connectivity index (χ1v) is 10.5. The van der Waals surface area contributed by atoms with E-state index in [1.54, 1.807) is 20.9 Å². The zero-order chi connectivity index (χ0) is 23.3. The number of carbonyl (C=O) groups is 3. The number of aromatic amines is 1. The summed E-state index contributed by atoms with van der Waals surface area (Å²) in [5, 5.41) is 3.76. The number of ether oxygens (including phenoxy) is 1. The molecular formula is C25H29N3O4. The number of esters is 1. The fourth-order valence-electron chi connectivity index (χ4n) is 3.48. The van der Waals surface area contributed by atoms with E-state index < -0.39 is 23.5 Å². The number of benzene rings is 2. The van der Waals surface area contributed by atoms with E-state index in [-0.39, 0.29) is 12.5 Å². The smallest absolute Gasteiger partial charge is 0.331 e. The second-order valence-electron chi connectivity index (χ2n) is 8.39. The van der Waals surface area contributed by atoms with E-state index in [1.807, 2.05) is 60.8 Å². The van der Waals surface area contributed by atoms with Gasteiger partial charge in [-0.2, -0.15) is 0 Å². The van der Waals surface area contributed by atoms with E-state index in [4.69, 9.17) is 4.74 Å². The predicted octanol–water partition coefficient (Wildman–Crippen LogP) is 3.20. The van der Waals surface area contributed by atoms with E-state index in [0.29, 0.717) is 6.42 Å². The van der Waals surface area contributed by atoms with Crippen molar-refractivity contribution < 1.29 is 19.1 Å². The summed E-state index contributed by atoms with van der Waals surface area (Å²) in [5.74, 6) is -1.21. The van der Waals surface area contributed by atoms with Gasteiger partial charge in [0, 0.05) is 37.5 Å². The van der Waals surface area contributed by atoms with Gasteiger partial charge in [0.2, 0.25) is 11.8 Å². The molecular weight excluding hydrogens is 406 g/mol. The summed E-state index contributed by atoms with van der Waals surface area (Å²) in [7, 11) is 1.59. The molecule has 2 N–H and O–H groups in total. The van der Waals surface area contributed by atoms with E-state index in [0.717, 1.165) is 22.0 Å². The molecule has 0 aliphatic rings. The summed E-state index contributed by atoms with van der Waals surface area (Å²) in [6.45, 7) is 4.71. The number of rotatable bonds is 8. The van der Waals surface area contributed by atoms with Crippen LogP contribution in [0.4, 0.5) is 0 Å². The third-order valence-corrected chi connectivity index (χ3v) is 5.51. The zero-order valence-corrected chi connectivity index (χ0v) is 18.8. The Morgan fingerprint density at radius 1 is 1.06 bits per heavy atom. The van der Waals surface area contributed by atoms with Crippen molar-refractivity contribution >= 4 is 28.7 Å². The third-order valence-electron chi connectivity index (χ3n) is 5.51. The molecule has 0 spiro atoms. The molecule has 2 amide bonds. The zero-order valence-electron chi connectivity index (χ0n) is 18.8. The van der Waals surface area contributed by atoms with Crippen molar-refractivity contribution in [2.24, 2.45) is 0 Å². The van der Waals surface area contributed by atoms with Gasteiger partial charge in [0.05, 0.1) is 0 Å². The number of nitrogens with zero attached hydrogens (tertiary/aromatic N) is 1. The van der Waals surface area contributed by atoms with Crippen molar-refractivity contribution in [1.29, 1.82) is 0 Å². The van der Waals surface area contributed by atoms with Crippen LogP contribution in [0.25, 0.3) is 10.9 Å². The van der Waals surface area contributed by atoms with E-state index in [2.05, 4.69) is 10.3 Å². The molecule has 1 heterocycles. The number of hydrogen-bond acceptors (Lipinski definition) is 4. The minimum Gasteiger partial charge on any atom is -0.459 e. The maximum atomic E-state index is 13.2. The Labute approximate surface area is 187 Å². The Morgan fingerprint density at radius 3 is 2.41 bits per heavy atom. The van der Waals surface area contributed by atoms with E-state index in [1.165, 1.54) is 11.8 Å². The number of nitrogens with one attached hydrogen (secondary N) is 2. The van der Waals surface area contributed by atoms with Crippen LogP contribution in [-0.4, -0.2) is 46.3 Å². The Hall–Kier alpha value is -3.61. The average Bonchev–Trinajstić information content (AvgIpc) is 3.18. The molecule has 1 atom stereocenters. The van der Waals surface area contributed by atoms with E-state index in [9.17, 15) is 14.4 Å². The van der Waals surface area contributed by atoms with Crippen LogP contribution in [0.1, 0.15) is 31.9 Å². The summed E-state index contributed by atoms with van der Waals surface area (Å²) in [6, 6.07) is 16.3. The molecule has 7 nitrogen and oxygen atoms in total. The first-order valence-electron chi connectivity index (χ1n) is 10.5. The Bertz CT molecular complexity index is 1100. The normalized spacial score (nSPS) is 12.2. The van der Waals surface area contributed by atoms with Crippen LogP contribution < -0.4 is 5.32 Å². The van der Waals surface area contributed by atoms with Crippen molar-refractivity contribution in [3.05, 3.63) is 71.9 Å². The number of fused-ring (bicyclic) bond motifs is 1. The number of carbonyl (C=O) groups excluding carboxylic acids is 3. The fraction of sp³-hybridized carbons (Fsp3) is 0.320. The Morgan fingerprint density at radius 2 is 1.72 bits per heavy atom. The van der Waals surface area contributed by atoms with Gasteiger partial charge in [-0.15, -0.1) is 0 Å². The number of likely N-dealkylation sites (N-methyl/N-ethyl adjacent to an activating group) is 1. The van der Waals surface area contributed by atoms with Crippen LogP contribution in [0.3, 0.4) is 0 Å². The molecule has 0 radical (unpaired) electrons. The highest BCUT2D eigenvalue weighted by Gasteiger charge is 2.35. The molecule has 0 bridgehead atoms. The van der Waals surface area contributed by atoms with Gasteiger partial charge in [0.15, 0.2) is 0 Å². The molecule has 0 aliphatic heterocycles. The molecule has 3 rings (SSSR count). The molecule has 0 saturated heterocycles. The lowest BCUT2D eigenvalue weighted by Gasteiger charge is -2.31. The van der Waals surface area contributed by atoms with Crippen molar-refractivity contribution in [3.8, 4) is 0 Å². The van der Waals surface area contributed by atoms with Gasteiger partial charge in [-0.25, -0.2) is 4.79 Å². The first-order chi connectivity index (χ1) is 15.2. The summed E-state index contributed by atoms with van der Waals surface area (Å²) in [5.41, 5.74) is 1.47. The van der Waals surface area contributed by atoms with Gasteiger partial charge in [-0.05, 0) is 31.0 Å². The molecule has 1 unspecified atom stereocenters. The maximum absolute atomic E-state index is 13.2. The average molecular weight is 436 g/mol. The van der Waals surface area contributed by atoms with Gasteiger partial charge in [0.1, 0.15) is 18.2 Å². The topological polar surface area (TPSA) is 91.5 Å². The molecule has 0 saturated carbocycles. The Balaban J connectivity index is 1.73. The van der Waals surface area contributed by atoms with Crippen molar-refractivity contribution in [2.45, 2.75) is 45.4 Å². The third kappa shape index (κ3) is 5.35. The second kappa shape index (κ2) is 9.68. The number of hydrogen-bond donors (Lipinski definition) is 2. The molecule has 2 aromatic carbocycles. The lowest BCUT2D eigenvalue weighted by molar-refractivity contribution is -0.154. The summed E-state index contributed by atoms with van der Waals surface area (Å²) in [6.07, 6.45) is 2.15. The first kappa shape index (κ1) is 23.1. The summed E-state index contributed by atoms with van der Waals surface area (Å²) >= 11 is 0. The largest absolute Gasteiger partial charge is 0.459 e. The molecule has 32 heavy (non-hydrogen) atoms. The quantitative estimate of drug-likeness (QED) is 0.532. The van der Waals surface area contributed by atoms with Crippen LogP contribution in [0.5, 0.6) is 0 Å². The van der Waals surface area contributed by atoms with Gasteiger partial charge in [-0.3, -0.25) is 9.59 Å². The lowest BCUT2D eigenvalue weighted by Crippen LogP contribution is -2.57. The fourth-order valence-corrected chi connectivity index (χ4v) is 3.48. The van der Waals surface area contributed by atoms with Crippen LogP contribution in [0.15, 0.2) is 60.8 Å². The molecule has 0 aliphatic carbocycles. The second-order valence-corrected chi connectivity index (χ2v) is 8.39. The summed E-state index contributed by atoms with van der Waals surface area (Å²) < 4.78 is 5.41. The van der Waals surface area contributed by atoms with Gasteiger partial charge in [0.25, 0.3) is 0 Å². The molecule has 3 aromatic rings. The van der Waals surface area contributed by atoms with Crippen molar-refractivity contribution in [2.75, 3.05) is 7.05 Å². The highest BCUT2D eigenvalue weighted by atomic mass is 16.5. The maximum Gasteiger partial charge on any atom is 0.331 e. The van der Waals surface area contributed by atoms with Gasteiger partial charge >= 0.3 is 5.97 Å². The number of amides is 2. The Kier molecular flexibility index (Phi) is 6.98. The minimum atomic E-state index is -1.26. The standard InChI is InChI=1S/C25H29N3O4/c1-17(29)28(4)22(14-19-15-26-21-13-9-8-12-20(19)21)23(30)27-25(2,3)24(31)32-16-18-10-6-5-7-11-18/h5-13,15,22,26H,14,16H2,1-4H3,(H,27,30). The van der Waals surface area contributed by atoms with Crippen LogP contribution in [0.2, 0.25) is 0 Å². The van der Waals surface area contributed by atoms with Gasteiger partial charge < -0.3 is 19.9 Å². The van der Waals surface area contributed by atoms with Crippen molar-refractivity contribution in [1.82, 2.24) is 15.2 Å². The molecule has 0 fully saturated rings. The highest BCUT2D eigenvalue weighted by molar-refractivity contribution is 5.93. The van der Waals surface area contributed by atoms with Crippen LogP contribution in [-0.2, 0) is 32.1 Å². The number of H-pyrrole nitrogens is 1. The number of aromatic nitrogens is 1. The molecule has 7 heteroatoms. The highest BCUT2D eigenvalue weighted by Crippen LogP contribution is 2.21. The van der Waals surface area contributed by atoms with Crippen LogP contribution in [0, 0.1) is 0 Å². The lowest BCUT2D eigenvalue weighted by atomic mass is 10.0. The van der Waals surface area contributed by atoms with Gasteiger partial charge in [-0.1, -0.05) is 48.5 Å². The van der Waals surface area contributed by atoms with Crippen molar-refractivity contribution in [3.63, 3.8) is 0 Å².